The van der Waals surface area contributed by atoms with Crippen molar-refractivity contribution in [3.05, 3.63) is 28.8 Å². The number of carbonyl (C=O) groups excluding carboxylic acids is 3. The van der Waals surface area contributed by atoms with E-state index in [9.17, 15) is 14.4 Å². The van der Waals surface area contributed by atoms with Crippen molar-refractivity contribution in [2.75, 3.05) is 12.4 Å². The zero-order valence-electron chi connectivity index (χ0n) is 13.7. The van der Waals surface area contributed by atoms with Crippen molar-refractivity contribution in [2.24, 2.45) is 0 Å². The van der Waals surface area contributed by atoms with Gasteiger partial charge in [-0.1, -0.05) is 0 Å². The molecule has 23 heavy (non-hydrogen) atoms. The number of hydrogen-bond acceptors (Lipinski definition) is 7. The summed E-state index contributed by atoms with van der Waals surface area (Å²) in [6, 6.07) is 3.55. The van der Waals surface area contributed by atoms with Gasteiger partial charge in [-0.05, 0) is 17.7 Å². The predicted molar refractivity (Wildman–Crippen MR) is 82.4 cm³/mol. The molecule has 7 nitrogen and oxygen atoms in total. The molecular weight excluding hydrogens is 302 g/mol. The molecule has 0 atom stereocenters. The number of anilines is 1. The fraction of sp³-hybridized carbons (Fsp3) is 0.438. The van der Waals surface area contributed by atoms with Gasteiger partial charge in [-0.3, -0.25) is 14.4 Å². The minimum atomic E-state index is -0.404. The highest BCUT2D eigenvalue weighted by Crippen LogP contribution is 2.25. The Bertz CT molecular complexity index is 557. The summed E-state index contributed by atoms with van der Waals surface area (Å²) in [6.07, 6.45) is 0. The monoisotopic (exact) mass is 323 g/mol. The lowest BCUT2D eigenvalue weighted by Gasteiger charge is -2.17. The lowest BCUT2D eigenvalue weighted by atomic mass is 10.0. The van der Waals surface area contributed by atoms with Gasteiger partial charge in [0, 0.05) is 44.6 Å². The lowest BCUT2D eigenvalue weighted by molar-refractivity contribution is -0.142. The van der Waals surface area contributed by atoms with Gasteiger partial charge in [-0.25, -0.2) is 0 Å². The van der Waals surface area contributed by atoms with Gasteiger partial charge in [-0.2, -0.15) is 0 Å². The fourth-order valence-corrected chi connectivity index (χ4v) is 2.02. The van der Waals surface area contributed by atoms with Crippen LogP contribution in [0.2, 0.25) is 0 Å². The van der Waals surface area contributed by atoms with Gasteiger partial charge >= 0.3 is 17.9 Å². The molecule has 1 aromatic carbocycles. The summed E-state index contributed by atoms with van der Waals surface area (Å²) in [6.45, 7) is 4.17. The zero-order chi connectivity index (χ0) is 17.4. The minimum absolute atomic E-state index is 0.0620. The average molecular weight is 323 g/mol. The second-order valence-electron chi connectivity index (χ2n) is 4.88. The van der Waals surface area contributed by atoms with Gasteiger partial charge in [0.25, 0.3) is 0 Å². The largest absolute Gasteiger partial charge is 0.461 e. The molecule has 0 aromatic heterocycles. The standard InChI is InChI=1S/C16H21NO6/c1-10(18)21-7-13-5-14(8-22-11(2)19)16(17-4)15(6-13)9-23-12(3)20/h5-6,17H,7-9H2,1-4H3. The number of carbonyl (C=O) groups is 3. The Morgan fingerprint density at radius 2 is 1.22 bits per heavy atom. The van der Waals surface area contributed by atoms with Gasteiger partial charge in [0.15, 0.2) is 0 Å². The van der Waals surface area contributed by atoms with Crippen LogP contribution in [0, 0.1) is 0 Å². The topological polar surface area (TPSA) is 90.9 Å². The third kappa shape index (κ3) is 6.37. The number of rotatable bonds is 7. The van der Waals surface area contributed by atoms with Gasteiger partial charge in [0.1, 0.15) is 19.8 Å². The Balaban J connectivity index is 3.13. The van der Waals surface area contributed by atoms with Crippen molar-refractivity contribution in [1.29, 1.82) is 0 Å². The smallest absolute Gasteiger partial charge is 0.302 e. The van der Waals surface area contributed by atoms with Crippen LogP contribution in [0.5, 0.6) is 0 Å². The Labute approximate surface area is 134 Å². The summed E-state index contributed by atoms with van der Waals surface area (Å²) in [5.74, 6) is -1.20. The van der Waals surface area contributed by atoms with Gasteiger partial charge < -0.3 is 19.5 Å². The Morgan fingerprint density at radius 1 is 0.826 bits per heavy atom. The first-order chi connectivity index (χ1) is 10.8. The van der Waals surface area contributed by atoms with Crippen LogP contribution < -0.4 is 5.32 Å². The van der Waals surface area contributed by atoms with Crippen molar-refractivity contribution in [3.63, 3.8) is 0 Å². The quantitative estimate of drug-likeness (QED) is 0.605. The molecule has 0 unspecified atom stereocenters. The zero-order valence-corrected chi connectivity index (χ0v) is 13.7. The summed E-state index contributed by atoms with van der Waals surface area (Å²) in [5, 5.41) is 3.01. The highest BCUT2D eigenvalue weighted by atomic mass is 16.5. The molecule has 1 rings (SSSR count). The van der Waals surface area contributed by atoms with E-state index in [4.69, 9.17) is 14.2 Å². The van der Waals surface area contributed by atoms with Gasteiger partial charge in [0.2, 0.25) is 0 Å². The summed E-state index contributed by atoms with van der Waals surface area (Å²) in [7, 11) is 1.72. The highest BCUT2D eigenvalue weighted by Gasteiger charge is 2.13. The van der Waals surface area contributed by atoms with Crippen molar-refractivity contribution in [2.45, 2.75) is 40.6 Å². The number of benzene rings is 1. The number of hydrogen-bond donors (Lipinski definition) is 1. The maximum Gasteiger partial charge on any atom is 0.302 e. The molecule has 0 aliphatic carbocycles. The van der Waals surface area contributed by atoms with E-state index in [1.807, 2.05) is 0 Å². The van der Waals surface area contributed by atoms with Crippen LogP contribution in [0.1, 0.15) is 37.5 Å². The normalized spacial score (nSPS) is 9.91. The molecule has 0 saturated carbocycles. The van der Waals surface area contributed by atoms with Gasteiger partial charge in [-0.15, -0.1) is 0 Å². The average Bonchev–Trinajstić information content (AvgIpc) is 2.48. The molecule has 0 amide bonds. The van der Waals surface area contributed by atoms with Crippen LogP contribution in [0.4, 0.5) is 5.69 Å². The first kappa shape index (κ1) is 18.5. The maximum atomic E-state index is 11.0. The van der Waals surface area contributed by atoms with Gasteiger partial charge in [0.05, 0.1) is 0 Å². The molecule has 1 aromatic rings. The van der Waals surface area contributed by atoms with Crippen LogP contribution in [0.15, 0.2) is 12.1 Å². The Morgan fingerprint density at radius 3 is 1.57 bits per heavy atom. The van der Waals surface area contributed by atoms with Crippen molar-refractivity contribution < 1.29 is 28.6 Å². The molecular formula is C16H21NO6. The predicted octanol–water partition coefficient (Wildman–Crippen LogP) is 1.92. The Hall–Kier alpha value is -2.57. The second-order valence-corrected chi connectivity index (χ2v) is 4.88. The molecule has 0 spiro atoms. The van der Waals surface area contributed by atoms with Crippen molar-refractivity contribution >= 4 is 23.6 Å². The van der Waals surface area contributed by atoms with E-state index in [1.54, 1.807) is 19.2 Å². The fourth-order valence-electron chi connectivity index (χ4n) is 2.02. The molecule has 1 N–H and O–H groups in total. The molecule has 0 aliphatic rings. The van der Waals surface area contributed by atoms with Crippen LogP contribution in [0.25, 0.3) is 0 Å². The molecule has 0 fully saturated rings. The molecule has 0 aliphatic heterocycles. The first-order valence-corrected chi connectivity index (χ1v) is 7.06. The molecule has 0 radical (unpaired) electrons. The second kappa shape index (κ2) is 8.77. The van der Waals surface area contributed by atoms with E-state index < -0.39 is 17.9 Å². The molecule has 0 bridgehead atoms. The molecule has 0 heterocycles. The number of ether oxygens (including phenoxy) is 3. The van der Waals surface area contributed by atoms with E-state index >= 15 is 0 Å². The number of nitrogens with one attached hydrogen (secondary N) is 1. The van der Waals surface area contributed by atoms with E-state index in [1.165, 1.54) is 20.8 Å². The Kier molecular flexibility index (Phi) is 7.05. The third-order valence-corrected chi connectivity index (χ3v) is 2.92. The van der Waals surface area contributed by atoms with Crippen LogP contribution in [-0.4, -0.2) is 25.0 Å². The molecule has 126 valence electrons. The van der Waals surface area contributed by atoms with E-state index in [0.717, 1.165) is 0 Å². The first-order valence-electron chi connectivity index (χ1n) is 7.06. The SMILES string of the molecule is CNc1c(COC(C)=O)cc(COC(C)=O)cc1COC(C)=O. The summed E-state index contributed by atoms with van der Waals surface area (Å²) in [5.41, 5.74) is 2.83. The maximum absolute atomic E-state index is 11.0. The third-order valence-electron chi connectivity index (χ3n) is 2.92. The van der Waals surface area contributed by atoms with E-state index in [0.29, 0.717) is 22.4 Å². The molecule has 0 saturated heterocycles. The van der Waals surface area contributed by atoms with E-state index in [-0.39, 0.29) is 19.8 Å². The van der Waals surface area contributed by atoms with Crippen molar-refractivity contribution in [1.82, 2.24) is 0 Å². The summed E-state index contributed by atoms with van der Waals surface area (Å²) < 4.78 is 15.1. The molecule has 7 heteroatoms. The van der Waals surface area contributed by atoms with Crippen molar-refractivity contribution in [3.8, 4) is 0 Å². The minimum Gasteiger partial charge on any atom is -0.461 e. The van der Waals surface area contributed by atoms with Crippen LogP contribution in [0.3, 0.4) is 0 Å². The lowest BCUT2D eigenvalue weighted by Crippen LogP contribution is -2.09. The highest BCUT2D eigenvalue weighted by molar-refractivity contribution is 5.68. The van der Waals surface area contributed by atoms with Crippen LogP contribution in [-0.2, 0) is 48.4 Å². The van der Waals surface area contributed by atoms with E-state index in [2.05, 4.69) is 5.32 Å². The summed E-state index contributed by atoms with van der Waals surface area (Å²) >= 11 is 0. The number of esters is 3. The van der Waals surface area contributed by atoms with Crippen LogP contribution >= 0.6 is 0 Å². The summed E-state index contributed by atoms with van der Waals surface area (Å²) in [4.78, 5) is 33.0.